The Balaban J connectivity index is 1.30. The number of piperidine rings is 1. The van der Waals surface area contributed by atoms with E-state index >= 15 is 0 Å². The van der Waals surface area contributed by atoms with Crippen LogP contribution in [0.5, 0.6) is 0 Å². The summed E-state index contributed by atoms with van der Waals surface area (Å²) in [5.74, 6) is -3.62. The third kappa shape index (κ3) is 4.59. The second-order valence-corrected chi connectivity index (χ2v) is 13.1. The summed E-state index contributed by atoms with van der Waals surface area (Å²) >= 11 is 0. The standard InChI is InChI=1S/C30H38F2N6O4/c1-2-36-27-23(22(16-3-4-16)24(28(36)40)34-26(39)17-5-9-30(31,32)10-6-17)25(35-38(27)19-7-11-42-12-8-19)29(41)37-20(15-33)13-18-14-21(18)37/h16-22,24H,2-14H2,1H3,(H,34,39)/t18-,20-,21+,22-,24-/m0/s1. The molecule has 12 heteroatoms. The van der Waals surface area contributed by atoms with Crippen LogP contribution < -0.4 is 10.2 Å². The molecule has 0 radical (unpaired) electrons. The molecule has 3 amide bonds. The SMILES string of the molecule is CCN1C(=O)[C@@H](NC(=O)C2CCC(F)(F)CC2)[C@@H](C2CC2)c2c(C(=O)N3[C@H](C#N)C[C@H]4C[C@H]43)nn(C3CCOCC3)c21. The lowest BCUT2D eigenvalue weighted by atomic mass is 9.81. The Morgan fingerprint density at radius 2 is 1.81 bits per heavy atom. The van der Waals surface area contributed by atoms with Crippen molar-refractivity contribution < 1.29 is 27.9 Å². The molecular formula is C30H38F2N6O4. The van der Waals surface area contributed by atoms with Gasteiger partial charge in [-0.15, -0.1) is 0 Å². The van der Waals surface area contributed by atoms with Crippen molar-refractivity contribution in [3.05, 3.63) is 11.3 Å². The van der Waals surface area contributed by atoms with Crippen LogP contribution in [0, 0.1) is 29.1 Å². The van der Waals surface area contributed by atoms with Gasteiger partial charge < -0.3 is 15.0 Å². The molecule has 1 aromatic rings. The van der Waals surface area contributed by atoms with Gasteiger partial charge in [-0.05, 0) is 70.1 Å². The molecule has 0 spiro atoms. The van der Waals surface area contributed by atoms with Crippen molar-refractivity contribution in [1.29, 1.82) is 5.26 Å². The molecule has 1 aromatic heterocycles. The smallest absolute Gasteiger partial charge is 0.276 e. The van der Waals surface area contributed by atoms with E-state index in [2.05, 4.69) is 11.4 Å². The number of nitriles is 1. The number of amides is 3. The first-order chi connectivity index (χ1) is 20.2. The molecule has 5 fully saturated rings. The number of nitrogens with one attached hydrogen (secondary N) is 1. The van der Waals surface area contributed by atoms with Gasteiger partial charge in [0, 0.05) is 56.0 Å². The van der Waals surface area contributed by atoms with E-state index in [0.717, 1.165) is 19.3 Å². The number of likely N-dealkylation sites (N-methyl/N-ethyl adjacent to an activating group) is 1. The molecule has 4 heterocycles. The normalized spacial score (nSPS) is 32.7. The van der Waals surface area contributed by atoms with Crippen molar-refractivity contribution in [2.24, 2.45) is 17.8 Å². The lowest BCUT2D eigenvalue weighted by Gasteiger charge is -2.40. The quantitative estimate of drug-likeness (QED) is 0.546. The number of aromatic nitrogens is 2. The van der Waals surface area contributed by atoms with Crippen molar-refractivity contribution in [1.82, 2.24) is 20.0 Å². The summed E-state index contributed by atoms with van der Waals surface area (Å²) in [5.41, 5.74) is 0.973. The molecule has 10 nitrogen and oxygen atoms in total. The number of fused-ring (bicyclic) bond motifs is 2. The number of carbonyl (C=O) groups is 3. The number of hydrogen-bond acceptors (Lipinski definition) is 6. The lowest BCUT2D eigenvalue weighted by molar-refractivity contribution is -0.134. The number of likely N-dealkylation sites (tertiary alicyclic amines) is 1. The van der Waals surface area contributed by atoms with Crippen LogP contribution >= 0.6 is 0 Å². The molecule has 0 unspecified atom stereocenters. The molecule has 0 aromatic carbocycles. The van der Waals surface area contributed by atoms with Crippen molar-refractivity contribution in [3.63, 3.8) is 0 Å². The maximum Gasteiger partial charge on any atom is 0.276 e. The van der Waals surface area contributed by atoms with Gasteiger partial charge >= 0.3 is 0 Å². The van der Waals surface area contributed by atoms with Gasteiger partial charge in [0.15, 0.2) is 5.69 Å². The molecule has 1 N–H and O–H groups in total. The van der Waals surface area contributed by atoms with Gasteiger partial charge in [-0.3, -0.25) is 19.3 Å². The van der Waals surface area contributed by atoms with Gasteiger partial charge in [0.05, 0.1) is 12.1 Å². The zero-order valence-corrected chi connectivity index (χ0v) is 23.9. The minimum absolute atomic E-state index is 0.0397. The van der Waals surface area contributed by atoms with Crippen LogP contribution in [0.25, 0.3) is 0 Å². The highest BCUT2D eigenvalue weighted by atomic mass is 19.3. The van der Waals surface area contributed by atoms with Crippen LogP contribution in [0.4, 0.5) is 14.6 Å². The van der Waals surface area contributed by atoms with E-state index in [-0.39, 0.29) is 67.1 Å². The van der Waals surface area contributed by atoms with Gasteiger partial charge in [-0.1, -0.05) is 0 Å². The number of rotatable bonds is 6. The Morgan fingerprint density at radius 3 is 2.45 bits per heavy atom. The Bertz CT molecular complexity index is 1320. The van der Waals surface area contributed by atoms with E-state index in [9.17, 15) is 28.4 Å². The van der Waals surface area contributed by atoms with Gasteiger partial charge in [0.2, 0.25) is 11.8 Å². The fourth-order valence-electron chi connectivity index (χ4n) is 7.93. The van der Waals surface area contributed by atoms with Gasteiger partial charge in [-0.25, -0.2) is 13.5 Å². The molecule has 3 saturated carbocycles. The van der Waals surface area contributed by atoms with E-state index in [4.69, 9.17) is 9.84 Å². The number of halogens is 2. The molecule has 7 rings (SSSR count). The summed E-state index contributed by atoms with van der Waals surface area (Å²) in [6.45, 7) is 3.30. The molecule has 6 aliphatic rings. The first-order valence-electron chi connectivity index (χ1n) is 15.6. The van der Waals surface area contributed by atoms with Crippen LogP contribution in [0.3, 0.4) is 0 Å². The predicted molar refractivity (Wildman–Crippen MR) is 146 cm³/mol. The third-order valence-electron chi connectivity index (χ3n) is 10.5. The maximum absolute atomic E-state index is 14.3. The highest BCUT2D eigenvalue weighted by molar-refractivity contribution is 6.06. The number of carbonyl (C=O) groups excluding carboxylic acids is 3. The van der Waals surface area contributed by atoms with Crippen molar-refractivity contribution in [2.45, 2.75) is 107 Å². The fraction of sp³-hybridized carbons (Fsp3) is 0.767. The predicted octanol–water partition coefficient (Wildman–Crippen LogP) is 3.53. The first-order valence-corrected chi connectivity index (χ1v) is 15.6. The highest BCUT2D eigenvalue weighted by Gasteiger charge is 2.57. The average Bonchev–Trinajstić information content (AvgIpc) is 3.90. The van der Waals surface area contributed by atoms with Crippen molar-refractivity contribution in [2.75, 3.05) is 24.7 Å². The fourth-order valence-corrected chi connectivity index (χ4v) is 7.93. The molecular weight excluding hydrogens is 546 g/mol. The maximum atomic E-state index is 14.3. The van der Waals surface area contributed by atoms with E-state index in [1.165, 1.54) is 0 Å². The third-order valence-corrected chi connectivity index (χ3v) is 10.5. The van der Waals surface area contributed by atoms with Crippen LogP contribution in [-0.4, -0.2) is 76.2 Å². The summed E-state index contributed by atoms with van der Waals surface area (Å²) in [7, 11) is 0. The highest BCUT2D eigenvalue weighted by Crippen LogP contribution is 2.54. The summed E-state index contributed by atoms with van der Waals surface area (Å²) in [5, 5.41) is 17.8. The monoisotopic (exact) mass is 584 g/mol. The first kappa shape index (κ1) is 27.7. The summed E-state index contributed by atoms with van der Waals surface area (Å²) < 4.78 is 35.1. The molecule has 226 valence electrons. The second-order valence-electron chi connectivity index (χ2n) is 13.1. The van der Waals surface area contributed by atoms with E-state index < -0.39 is 29.8 Å². The Morgan fingerprint density at radius 1 is 1.10 bits per heavy atom. The average molecular weight is 585 g/mol. The van der Waals surface area contributed by atoms with Crippen LogP contribution in [0.2, 0.25) is 0 Å². The van der Waals surface area contributed by atoms with E-state index in [0.29, 0.717) is 56.3 Å². The summed E-state index contributed by atoms with van der Waals surface area (Å²) in [6.07, 6.45) is 4.15. The minimum atomic E-state index is -2.76. The molecule has 5 atom stereocenters. The van der Waals surface area contributed by atoms with Crippen molar-refractivity contribution in [3.8, 4) is 6.07 Å². The Kier molecular flexibility index (Phi) is 6.79. The largest absolute Gasteiger partial charge is 0.381 e. The van der Waals surface area contributed by atoms with Crippen LogP contribution in [0.15, 0.2) is 0 Å². The van der Waals surface area contributed by atoms with Crippen molar-refractivity contribution >= 4 is 23.5 Å². The summed E-state index contributed by atoms with van der Waals surface area (Å²) in [6, 6.07) is 0.886. The minimum Gasteiger partial charge on any atom is -0.381 e. The number of ether oxygens (including phenoxy) is 1. The Hall–Kier alpha value is -3.07. The lowest BCUT2D eigenvalue weighted by Crippen LogP contribution is -2.57. The molecule has 0 bridgehead atoms. The zero-order valence-electron chi connectivity index (χ0n) is 23.9. The second kappa shape index (κ2) is 10.3. The number of anilines is 1. The number of alkyl halides is 2. The molecule has 2 saturated heterocycles. The number of nitrogens with zero attached hydrogens (tertiary/aromatic N) is 5. The van der Waals surface area contributed by atoms with Crippen LogP contribution in [0.1, 0.15) is 99.1 Å². The van der Waals surface area contributed by atoms with E-state index in [1.807, 2.05) is 11.6 Å². The molecule has 3 aliphatic heterocycles. The molecule has 42 heavy (non-hydrogen) atoms. The van der Waals surface area contributed by atoms with Gasteiger partial charge in [0.1, 0.15) is 17.9 Å². The Labute approximate surface area is 243 Å². The number of hydrogen-bond donors (Lipinski definition) is 1. The summed E-state index contributed by atoms with van der Waals surface area (Å²) in [4.78, 5) is 45.3. The van der Waals surface area contributed by atoms with Gasteiger partial charge in [0.25, 0.3) is 11.8 Å². The van der Waals surface area contributed by atoms with Crippen LogP contribution in [-0.2, 0) is 14.3 Å². The molecule has 3 aliphatic carbocycles. The topological polar surface area (TPSA) is 121 Å². The van der Waals surface area contributed by atoms with Gasteiger partial charge in [-0.2, -0.15) is 10.4 Å². The van der Waals surface area contributed by atoms with E-state index in [1.54, 1.807) is 9.80 Å². The zero-order chi connectivity index (χ0) is 29.3.